The molecule has 0 saturated carbocycles. The summed E-state index contributed by atoms with van der Waals surface area (Å²) in [5.74, 6) is 2.75. The predicted molar refractivity (Wildman–Crippen MR) is 125 cm³/mol. The quantitative estimate of drug-likeness (QED) is 0.346. The van der Waals surface area contributed by atoms with Crippen LogP contribution in [0.3, 0.4) is 0 Å². The zero-order valence-electron chi connectivity index (χ0n) is 17.8. The topological polar surface area (TPSA) is 75.2 Å². The lowest BCUT2D eigenvalue weighted by atomic mass is 10.1. The Morgan fingerprint density at radius 2 is 2.17 bits per heavy atom. The van der Waals surface area contributed by atoms with Crippen molar-refractivity contribution in [2.24, 2.45) is 4.99 Å². The molecule has 2 aliphatic rings. The Labute approximate surface area is 190 Å². The number of ether oxygens (including phenoxy) is 2. The number of benzene rings is 1. The van der Waals surface area contributed by atoms with E-state index in [9.17, 15) is 4.79 Å². The van der Waals surface area contributed by atoms with Crippen molar-refractivity contribution in [2.45, 2.75) is 58.7 Å². The minimum atomic E-state index is 0. The van der Waals surface area contributed by atoms with Gasteiger partial charge in [0.25, 0.3) is 0 Å². The molecule has 0 spiro atoms. The molecule has 162 valence electrons. The van der Waals surface area contributed by atoms with E-state index in [2.05, 4.69) is 23.6 Å². The summed E-state index contributed by atoms with van der Waals surface area (Å²) < 4.78 is 11.5. The van der Waals surface area contributed by atoms with E-state index in [1.165, 1.54) is 5.56 Å². The van der Waals surface area contributed by atoms with E-state index in [0.29, 0.717) is 13.0 Å². The van der Waals surface area contributed by atoms with Crippen molar-refractivity contribution in [1.82, 2.24) is 15.5 Å². The molecule has 29 heavy (non-hydrogen) atoms. The fourth-order valence-electron chi connectivity index (χ4n) is 3.80. The Morgan fingerprint density at radius 1 is 1.38 bits per heavy atom. The first-order valence-electron chi connectivity index (χ1n) is 10.2. The first-order chi connectivity index (χ1) is 13.5. The van der Waals surface area contributed by atoms with Gasteiger partial charge in [0.1, 0.15) is 17.6 Å². The zero-order chi connectivity index (χ0) is 20.1. The Bertz CT molecular complexity index is 741. The maximum Gasteiger partial charge on any atom is 0.222 e. The van der Waals surface area contributed by atoms with Gasteiger partial charge in [-0.1, -0.05) is 6.92 Å². The van der Waals surface area contributed by atoms with Crippen LogP contribution >= 0.6 is 24.0 Å². The third kappa shape index (κ3) is 5.90. The first kappa shape index (κ1) is 23.6. The standard InChI is InChI=1S/C21H32N4O3.HI/c1-5-20(26)25-8-7-17(13-25)24-21(22-6-2)23-12-16-11-19-15(9-14(3)28-19)10-18(16)27-4;/h10-11,14,17H,5-9,12-13H2,1-4H3,(H2,22,23,24);1H. The normalized spacial score (nSPS) is 20.6. The van der Waals surface area contributed by atoms with Crippen LogP contribution in [0.2, 0.25) is 0 Å². The molecule has 0 aromatic heterocycles. The Kier molecular flexibility index (Phi) is 8.85. The Morgan fingerprint density at radius 3 is 2.86 bits per heavy atom. The summed E-state index contributed by atoms with van der Waals surface area (Å²) in [7, 11) is 1.69. The molecule has 0 radical (unpaired) electrons. The molecule has 2 unspecified atom stereocenters. The fourth-order valence-corrected chi connectivity index (χ4v) is 3.80. The summed E-state index contributed by atoms with van der Waals surface area (Å²) in [5.41, 5.74) is 2.19. The maximum absolute atomic E-state index is 11.9. The summed E-state index contributed by atoms with van der Waals surface area (Å²) >= 11 is 0. The second-order valence-electron chi connectivity index (χ2n) is 7.42. The maximum atomic E-state index is 11.9. The van der Waals surface area contributed by atoms with E-state index < -0.39 is 0 Å². The van der Waals surface area contributed by atoms with Gasteiger partial charge < -0.3 is 25.0 Å². The van der Waals surface area contributed by atoms with Crippen LogP contribution < -0.4 is 20.1 Å². The van der Waals surface area contributed by atoms with Gasteiger partial charge >= 0.3 is 0 Å². The van der Waals surface area contributed by atoms with Gasteiger partial charge in [0, 0.05) is 49.6 Å². The highest BCUT2D eigenvalue weighted by Gasteiger charge is 2.26. The number of nitrogens with one attached hydrogen (secondary N) is 2. The van der Waals surface area contributed by atoms with Crippen LogP contribution in [-0.2, 0) is 17.8 Å². The smallest absolute Gasteiger partial charge is 0.222 e. The van der Waals surface area contributed by atoms with Crippen LogP contribution in [0, 0.1) is 0 Å². The van der Waals surface area contributed by atoms with Crippen LogP contribution in [0.5, 0.6) is 11.5 Å². The van der Waals surface area contributed by atoms with Gasteiger partial charge in [-0.2, -0.15) is 0 Å². The third-order valence-corrected chi connectivity index (χ3v) is 5.24. The van der Waals surface area contributed by atoms with Crippen molar-refractivity contribution < 1.29 is 14.3 Å². The molecule has 1 aromatic carbocycles. The summed E-state index contributed by atoms with van der Waals surface area (Å²) in [4.78, 5) is 18.6. The van der Waals surface area contributed by atoms with Crippen molar-refractivity contribution >= 4 is 35.8 Å². The van der Waals surface area contributed by atoms with Crippen LogP contribution in [-0.4, -0.2) is 55.7 Å². The van der Waals surface area contributed by atoms with Gasteiger partial charge in [0.15, 0.2) is 5.96 Å². The molecular weight excluding hydrogens is 483 g/mol. The number of hydrogen-bond acceptors (Lipinski definition) is 4. The zero-order valence-corrected chi connectivity index (χ0v) is 20.1. The van der Waals surface area contributed by atoms with Crippen molar-refractivity contribution in [1.29, 1.82) is 0 Å². The SMILES string of the molecule is CCNC(=NCc1cc2c(cc1OC)CC(C)O2)NC1CCN(C(=O)CC)C1.I. The Balaban J connectivity index is 0.00000300. The largest absolute Gasteiger partial charge is 0.496 e. The van der Waals surface area contributed by atoms with E-state index in [0.717, 1.165) is 55.5 Å². The summed E-state index contributed by atoms with van der Waals surface area (Å²) in [6.45, 7) is 8.83. The number of nitrogens with zero attached hydrogens (tertiary/aromatic N) is 2. The molecule has 0 aliphatic carbocycles. The highest BCUT2D eigenvalue weighted by atomic mass is 127. The molecule has 0 bridgehead atoms. The van der Waals surface area contributed by atoms with Crippen LogP contribution in [0.1, 0.15) is 44.7 Å². The van der Waals surface area contributed by atoms with Crippen LogP contribution in [0.4, 0.5) is 0 Å². The van der Waals surface area contributed by atoms with E-state index in [4.69, 9.17) is 14.5 Å². The minimum Gasteiger partial charge on any atom is -0.496 e. The summed E-state index contributed by atoms with van der Waals surface area (Å²) in [6, 6.07) is 4.33. The number of methoxy groups -OCH3 is 1. The number of carbonyl (C=O) groups excluding carboxylic acids is 1. The molecule has 1 saturated heterocycles. The van der Waals surface area contributed by atoms with Gasteiger partial charge in [-0.3, -0.25) is 4.79 Å². The lowest BCUT2D eigenvalue weighted by Crippen LogP contribution is -2.45. The molecule has 1 aromatic rings. The molecule has 2 heterocycles. The average molecular weight is 516 g/mol. The first-order valence-corrected chi connectivity index (χ1v) is 10.2. The van der Waals surface area contributed by atoms with Crippen molar-refractivity contribution in [2.75, 3.05) is 26.7 Å². The molecule has 1 fully saturated rings. The van der Waals surface area contributed by atoms with E-state index in [-0.39, 0.29) is 42.0 Å². The number of likely N-dealkylation sites (tertiary alicyclic amines) is 1. The van der Waals surface area contributed by atoms with Gasteiger partial charge in [0.2, 0.25) is 5.91 Å². The monoisotopic (exact) mass is 516 g/mol. The number of rotatable bonds is 6. The second-order valence-corrected chi connectivity index (χ2v) is 7.42. The number of guanidine groups is 1. The van der Waals surface area contributed by atoms with Gasteiger partial charge in [-0.05, 0) is 32.4 Å². The third-order valence-electron chi connectivity index (χ3n) is 5.24. The van der Waals surface area contributed by atoms with E-state index in [1.54, 1.807) is 7.11 Å². The Hall–Kier alpha value is -1.71. The van der Waals surface area contributed by atoms with Crippen molar-refractivity contribution in [3.8, 4) is 11.5 Å². The molecule has 2 N–H and O–H groups in total. The van der Waals surface area contributed by atoms with Gasteiger partial charge in [0.05, 0.1) is 13.7 Å². The number of hydrogen-bond donors (Lipinski definition) is 2. The fraction of sp³-hybridized carbons (Fsp3) is 0.619. The molecule has 2 aliphatic heterocycles. The lowest BCUT2D eigenvalue weighted by molar-refractivity contribution is -0.129. The van der Waals surface area contributed by atoms with Gasteiger partial charge in [-0.15, -0.1) is 24.0 Å². The highest BCUT2D eigenvalue weighted by Crippen LogP contribution is 2.35. The molecule has 3 rings (SSSR count). The number of amides is 1. The van der Waals surface area contributed by atoms with Crippen LogP contribution in [0.25, 0.3) is 0 Å². The molecule has 2 atom stereocenters. The number of fused-ring (bicyclic) bond motifs is 1. The van der Waals surface area contributed by atoms with Gasteiger partial charge in [-0.25, -0.2) is 4.99 Å². The van der Waals surface area contributed by atoms with Crippen LogP contribution in [0.15, 0.2) is 17.1 Å². The molecular formula is C21H33IN4O3. The lowest BCUT2D eigenvalue weighted by Gasteiger charge is -2.19. The predicted octanol–water partition coefficient (Wildman–Crippen LogP) is 2.70. The second kappa shape index (κ2) is 10.9. The summed E-state index contributed by atoms with van der Waals surface area (Å²) in [5, 5.41) is 6.76. The number of halogens is 1. The molecule has 7 nitrogen and oxygen atoms in total. The van der Waals surface area contributed by atoms with E-state index in [1.807, 2.05) is 24.8 Å². The van der Waals surface area contributed by atoms with Crippen molar-refractivity contribution in [3.63, 3.8) is 0 Å². The molecule has 8 heteroatoms. The van der Waals surface area contributed by atoms with Crippen molar-refractivity contribution in [3.05, 3.63) is 23.3 Å². The molecule has 1 amide bonds. The number of aliphatic imine (C=N–C) groups is 1. The summed E-state index contributed by atoms with van der Waals surface area (Å²) in [6.07, 6.45) is 2.60. The van der Waals surface area contributed by atoms with E-state index >= 15 is 0 Å². The average Bonchev–Trinajstić information content (AvgIpc) is 3.29. The minimum absolute atomic E-state index is 0. The number of carbonyl (C=O) groups is 1. The highest BCUT2D eigenvalue weighted by molar-refractivity contribution is 14.0.